The van der Waals surface area contributed by atoms with Gasteiger partial charge in [-0.05, 0) is 44.2 Å². The number of urea groups is 1. The van der Waals surface area contributed by atoms with Crippen molar-refractivity contribution in [3.8, 4) is 11.5 Å². The summed E-state index contributed by atoms with van der Waals surface area (Å²) in [7, 11) is 0. The Bertz CT molecular complexity index is 1130. The third kappa shape index (κ3) is 4.09. The number of carbonyl (C=O) groups is 2. The number of amides is 3. The third-order valence-corrected chi connectivity index (χ3v) is 5.49. The molecule has 0 atom stereocenters. The van der Waals surface area contributed by atoms with E-state index in [1.807, 2.05) is 54.6 Å². The van der Waals surface area contributed by atoms with E-state index in [4.69, 9.17) is 27.9 Å². The summed E-state index contributed by atoms with van der Waals surface area (Å²) < 4.78 is 6.01. The van der Waals surface area contributed by atoms with E-state index in [0.29, 0.717) is 11.5 Å². The van der Waals surface area contributed by atoms with Gasteiger partial charge in [-0.1, -0.05) is 59.6 Å². The van der Waals surface area contributed by atoms with Crippen LogP contribution in [0.2, 0.25) is 10.3 Å². The molecule has 1 saturated heterocycles. The minimum Gasteiger partial charge on any atom is -0.457 e. The maximum absolute atomic E-state index is 13.3. The lowest BCUT2D eigenvalue weighted by atomic mass is 10.0. The van der Waals surface area contributed by atoms with Crippen LogP contribution >= 0.6 is 23.2 Å². The predicted octanol–water partition coefficient (Wildman–Crippen LogP) is 5.93. The molecule has 3 amide bonds. The van der Waals surface area contributed by atoms with Gasteiger partial charge in [-0.15, -0.1) is 0 Å². The van der Waals surface area contributed by atoms with Gasteiger partial charge in [0, 0.05) is 5.56 Å². The minimum atomic E-state index is -1.08. The molecule has 1 aliphatic rings. The highest BCUT2D eigenvalue weighted by Gasteiger charge is 2.52. The Hall–Kier alpha value is -3.09. The fourth-order valence-electron chi connectivity index (χ4n) is 3.43. The Kier molecular flexibility index (Phi) is 5.60. The molecule has 4 rings (SSSR count). The number of pyridine rings is 1. The second kappa shape index (κ2) is 8.21. The van der Waals surface area contributed by atoms with Crippen LogP contribution in [0.3, 0.4) is 0 Å². The molecular weight excluding hydrogens is 437 g/mol. The number of carbonyl (C=O) groups excluding carboxylic acids is 2. The highest BCUT2D eigenvalue weighted by atomic mass is 35.5. The van der Waals surface area contributed by atoms with E-state index < -0.39 is 11.6 Å². The minimum absolute atomic E-state index is 0.0981. The second-order valence-corrected chi connectivity index (χ2v) is 8.34. The number of aromatic nitrogens is 1. The first kappa shape index (κ1) is 21.2. The normalized spacial score (nSPS) is 15.5. The molecule has 0 bridgehead atoms. The first-order valence-corrected chi connectivity index (χ1v) is 10.3. The number of hydrogen-bond donors (Lipinski definition) is 0. The first-order chi connectivity index (χ1) is 14.8. The van der Waals surface area contributed by atoms with E-state index in [1.165, 1.54) is 17.0 Å². The van der Waals surface area contributed by atoms with Gasteiger partial charge in [-0.3, -0.25) is 4.79 Å². The largest absolute Gasteiger partial charge is 0.457 e. The van der Waals surface area contributed by atoms with Crippen molar-refractivity contribution in [2.24, 2.45) is 0 Å². The Labute approximate surface area is 190 Å². The SMILES string of the molecule is CC1(C)C(=O)N(c2cc(Cl)nc(Cl)c2)C(=O)N1Cc1ccccc1Oc1ccccc1. The summed E-state index contributed by atoms with van der Waals surface area (Å²) in [6.07, 6.45) is 0. The summed E-state index contributed by atoms with van der Waals surface area (Å²) in [4.78, 5) is 32.9. The van der Waals surface area contributed by atoms with Crippen LogP contribution in [-0.4, -0.2) is 27.4 Å². The molecular formula is C23H19Cl2N3O3. The van der Waals surface area contributed by atoms with Crippen molar-refractivity contribution in [2.75, 3.05) is 4.90 Å². The summed E-state index contributed by atoms with van der Waals surface area (Å²) in [5, 5.41) is 0.196. The number of benzene rings is 2. The molecule has 0 saturated carbocycles. The average Bonchev–Trinajstić information content (AvgIpc) is 2.89. The van der Waals surface area contributed by atoms with E-state index in [1.54, 1.807) is 13.8 Å². The Balaban J connectivity index is 1.66. The quantitative estimate of drug-likeness (QED) is 0.353. The summed E-state index contributed by atoms with van der Waals surface area (Å²) >= 11 is 12.0. The number of nitrogens with zero attached hydrogens (tertiary/aromatic N) is 3. The molecule has 0 unspecified atom stereocenters. The van der Waals surface area contributed by atoms with Gasteiger partial charge in [0.15, 0.2) is 0 Å². The van der Waals surface area contributed by atoms with Crippen molar-refractivity contribution in [3.05, 3.63) is 82.6 Å². The summed E-state index contributed by atoms with van der Waals surface area (Å²) in [5.74, 6) is 0.913. The molecule has 158 valence electrons. The van der Waals surface area contributed by atoms with Gasteiger partial charge in [0.1, 0.15) is 27.3 Å². The highest BCUT2D eigenvalue weighted by molar-refractivity contribution is 6.33. The van der Waals surface area contributed by atoms with Crippen molar-refractivity contribution in [3.63, 3.8) is 0 Å². The van der Waals surface area contributed by atoms with Gasteiger partial charge in [0.2, 0.25) is 0 Å². The van der Waals surface area contributed by atoms with E-state index in [0.717, 1.165) is 10.5 Å². The molecule has 8 heteroatoms. The van der Waals surface area contributed by atoms with Crippen LogP contribution in [0.15, 0.2) is 66.7 Å². The monoisotopic (exact) mass is 455 g/mol. The molecule has 0 spiro atoms. The van der Waals surface area contributed by atoms with Crippen molar-refractivity contribution in [1.29, 1.82) is 0 Å². The van der Waals surface area contributed by atoms with Crippen LogP contribution < -0.4 is 9.64 Å². The molecule has 1 fully saturated rings. The number of hydrogen-bond acceptors (Lipinski definition) is 4. The Morgan fingerprint density at radius 1 is 0.935 bits per heavy atom. The fraction of sp³-hybridized carbons (Fsp3) is 0.174. The smallest absolute Gasteiger partial charge is 0.332 e. The molecule has 2 aromatic carbocycles. The maximum atomic E-state index is 13.3. The number of halogens is 2. The molecule has 31 heavy (non-hydrogen) atoms. The van der Waals surface area contributed by atoms with Crippen LogP contribution in [0.1, 0.15) is 19.4 Å². The van der Waals surface area contributed by atoms with Crippen molar-refractivity contribution in [1.82, 2.24) is 9.88 Å². The molecule has 1 aliphatic heterocycles. The van der Waals surface area contributed by atoms with E-state index in [9.17, 15) is 9.59 Å². The van der Waals surface area contributed by atoms with Crippen LogP contribution in [0.25, 0.3) is 0 Å². The van der Waals surface area contributed by atoms with Crippen molar-refractivity contribution < 1.29 is 14.3 Å². The number of ether oxygens (including phenoxy) is 1. The number of para-hydroxylation sites is 2. The maximum Gasteiger partial charge on any atom is 0.332 e. The lowest BCUT2D eigenvalue weighted by Gasteiger charge is -2.28. The highest BCUT2D eigenvalue weighted by Crippen LogP contribution is 2.36. The van der Waals surface area contributed by atoms with Crippen LogP contribution in [0.5, 0.6) is 11.5 Å². The van der Waals surface area contributed by atoms with Crippen LogP contribution in [0, 0.1) is 0 Å². The van der Waals surface area contributed by atoms with Crippen molar-refractivity contribution in [2.45, 2.75) is 25.9 Å². The lowest BCUT2D eigenvalue weighted by molar-refractivity contribution is -0.123. The zero-order valence-electron chi connectivity index (χ0n) is 16.9. The molecule has 0 aliphatic carbocycles. The Morgan fingerprint density at radius 2 is 1.55 bits per heavy atom. The summed E-state index contributed by atoms with van der Waals surface area (Å²) in [6, 6.07) is 19.2. The second-order valence-electron chi connectivity index (χ2n) is 7.56. The summed E-state index contributed by atoms with van der Waals surface area (Å²) in [5.41, 5.74) is -0.0308. The molecule has 0 radical (unpaired) electrons. The number of imide groups is 1. The zero-order chi connectivity index (χ0) is 22.2. The average molecular weight is 456 g/mol. The van der Waals surface area contributed by atoms with E-state index >= 15 is 0 Å². The van der Waals surface area contributed by atoms with Gasteiger partial charge in [0.05, 0.1) is 12.2 Å². The van der Waals surface area contributed by atoms with E-state index in [-0.39, 0.29) is 28.4 Å². The summed E-state index contributed by atoms with van der Waals surface area (Å²) in [6.45, 7) is 3.60. The molecule has 0 N–H and O–H groups in total. The molecule has 2 heterocycles. The van der Waals surface area contributed by atoms with E-state index in [2.05, 4.69) is 4.98 Å². The predicted molar refractivity (Wildman–Crippen MR) is 120 cm³/mol. The van der Waals surface area contributed by atoms with Crippen LogP contribution in [0.4, 0.5) is 10.5 Å². The fourth-order valence-corrected chi connectivity index (χ4v) is 3.88. The third-order valence-electron chi connectivity index (χ3n) is 5.10. The topological polar surface area (TPSA) is 62.7 Å². The number of anilines is 1. The molecule has 3 aromatic rings. The number of rotatable bonds is 5. The van der Waals surface area contributed by atoms with Gasteiger partial charge >= 0.3 is 6.03 Å². The van der Waals surface area contributed by atoms with Gasteiger partial charge in [-0.2, -0.15) is 0 Å². The molecule has 1 aromatic heterocycles. The lowest BCUT2D eigenvalue weighted by Crippen LogP contribution is -2.43. The van der Waals surface area contributed by atoms with Gasteiger partial charge in [0.25, 0.3) is 5.91 Å². The Morgan fingerprint density at radius 3 is 2.23 bits per heavy atom. The van der Waals surface area contributed by atoms with Crippen molar-refractivity contribution >= 4 is 40.8 Å². The van der Waals surface area contributed by atoms with Crippen LogP contribution in [-0.2, 0) is 11.3 Å². The molecule has 6 nitrogen and oxygen atoms in total. The van der Waals surface area contributed by atoms with Gasteiger partial charge in [-0.25, -0.2) is 14.7 Å². The standard InChI is InChI=1S/C23H19Cl2N3O3/c1-23(2)21(29)28(16-12-19(24)26-20(25)13-16)22(30)27(23)14-15-8-6-7-11-18(15)31-17-9-4-3-5-10-17/h3-13H,14H2,1-2H3. The zero-order valence-corrected chi connectivity index (χ0v) is 18.4. The first-order valence-electron chi connectivity index (χ1n) is 9.57. The van der Waals surface area contributed by atoms with Gasteiger partial charge < -0.3 is 9.64 Å².